The highest BCUT2D eigenvalue weighted by Gasteiger charge is 2.30. The van der Waals surface area contributed by atoms with Crippen LogP contribution in [0.2, 0.25) is 0 Å². The molecule has 0 saturated heterocycles. The van der Waals surface area contributed by atoms with E-state index in [-0.39, 0.29) is 24.3 Å². The molecule has 6 nitrogen and oxygen atoms in total. The summed E-state index contributed by atoms with van der Waals surface area (Å²) in [6.07, 6.45) is 5.59. The Bertz CT molecular complexity index is 681. The van der Waals surface area contributed by atoms with Crippen LogP contribution in [0.15, 0.2) is 43.0 Å². The molecule has 1 aliphatic rings. The molecule has 3 rings (SSSR count). The molecule has 114 valence electrons. The molecule has 6 heteroatoms. The van der Waals surface area contributed by atoms with Gasteiger partial charge in [0.1, 0.15) is 0 Å². The minimum atomic E-state index is -0.230. The van der Waals surface area contributed by atoms with Crippen LogP contribution in [0.1, 0.15) is 28.4 Å². The van der Waals surface area contributed by atoms with E-state index in [9.17, 15) is 9.59 Å². The molecule has 0 aliphatic carbocycles. The standard InChI is InChI=1S/C16H18N4O2/c1-19(8-9-20-7-6-17-11-20)15(21)10-14-12-4-2-3-5-13(12)16(22)18-14/h2-7,11,14H,8-10H2,1H3,(H,18,22)/t14-/m1/s1. The van der Waals surface area contributed by atoms with Gasteiger partial charge in [-0.1, -0.05) is 18.2 Å². The maximum Gasteiger partial charge on any atom is 0.252 e. The molecule has 2 amide bonds. The van der Waals surface area contributed by atoms with Crippen LogP contribution in [0.3, 0.4) is 0 Å². The Morgan fingerprint density at radius 2 is 2.23 bits per heavy atom. The molecule has 2 aromatic rings. The quantitative estimate of drug-likeness (QED) is 0.902. The van der Waals surface area contributed by atoms with E-state index in [4.69, 9.17) is 0 Å². The Morgan fingerprint density at radius 1 is 1.41 bits per heavy atom. The lowest BCUT2D eigenvalue weighted by molar-refractivity contribution is -0.130. The van der Waals surface area contributed by atoms with E-state index < -0.39 is 0 Å². The van der Waals surface area contributed by atoms with Crippen molar-refractivity contribution in [1.82, 2.24) is 19.8 Å². The number of carbonyl (C=O) groups is 2. The SMILES string of the molecule is CN(CCn1ccnc1)C(=O)C[C@H]1NC(=O)c2ccccc21. The average molecular weight is 298 g/mol. The van der Waals surface area contributed by atoms with Crippen LogP contribution >= 0.6 is 0 Å². The van der Waals surface area contributed by atoms with Crippen LogP contribution < -0.4 is 5.32 Å². The van der Waals surface area contributed by atoms with Crippen molar-refractivity contribution in [3.63, 3.8) is 0 Å². The zero-order valence-corrected chi connectivity index (χ0v) is 12.4. The Balaban J connectivity index is 1.59. The molecule has 22 heavy (non-hydrogen) atoms. The molecule has 2 heterocycles. The fourth-order valence-electron chi connectivity index (χ4n) is 2.62. The number of hydrogen-bond donors (Lipinski definition) is 1. The van der Waals surface area contributed by atoms with E-state index >= 15 is 0 Å². The second kappa shape index (κ2) is 6.01. The monoisotopic (exact) mass is 298 g/mol. The summed E-state index contributed by atoms with van der Waals surface area (Å²) in [5, 5.41) is 2.87. The van der Waals surface area contributed by atoms with Gasteiger partial charge in [0.05, 0.1) is 18.8 Å². The van der Waals surface area contributed by atoms with Crippen LogP contribution in [0.5, 0.6) is 0 Å². The molecule has 0 unspecified atom stereocenters. The number of aromatic nitrogens is 2. The number of benzene rings is 1. The van der Waals surface area contributed by atoms with Crippen LogP contribution in [-0.4, -0.2) is 39.9 Å². The number of carbonyl (C=O) groups excluding carboxylic acids is 2. The first-order chi connectivity index (χ1) is 10.6. The van der Waals surface area contributed by atoms with E-state index in [1.165, 1.54) is 0 Å². The second-order valence-corrected chi connectivity index (χ2v) is 5.43. The molecule has 0 bridgehead atoms. The Labute approximate surface area is 128 Å². The normalized spacial score (nSPS) is 16.2. The van der Waals surface area contributed by atoms with E-state index in [2.05, 4.69) is 10.3 Å². The Morgan fingerprint density at radius 3 is 3.00 bits per heavy atom. The smallest absolute Gasteiger partial charge is 0.252 e. The number of nitrogens with one attached hydrogen (secondary N) is 1. The number of rotatable bonds is 5. The molecule has 0 spiro atoms. The molecule has 0 fully saturated rings. The molecule has 0 radical (unpaired) electrons. The zero-order valence-electron chi connectivity index (χ0n) is 12.4. The van der Waals surface area contributed by atoms with Crippen molar-refractivity contribution < 1.29 is 9.59 Å². The van der Waals surface area contributed by atoms with Gasteiger partial charge in [-0.15, -0.1) is 0 Å². The average Bonchev–Trinajstić information content (AvgIpc) is 3.14. The molecule has 1 aromatic heterocycles. The van der Waals surface area contributed by atoms with Crippen molar-refractivity contribution in [1.29, 1.82) is 0 Å². The summed E-state index contributed by atoms with van der Waals surface area (Å²) in [4.78, 5) is 29.8. The fraction of sp³-hybridized carbons (Fsp3) is 0.312. The summed E-state index contributed by atoms with van der Waals surface area (Å²) in [6, 6.07) is 7.18. The predicted octanol–water partition coefficient (Wildman–Crippen LogP) is 1.22. The summed E-state index contributed by atoms with van der Waals surface area (Å²) in [6.45, 7) is 1.31. The maximum absolute atomic E-state index is 12.3. The summed E-state index contributed by atoms with van der Waals surface area (Å²) in [5.41, 5.74) is 1.57. The largest absolute Gasteiger partial charge is 0.345 e. The molecular weight excluding hydrogens is 280 g/mol. The second-order valence-electron chi connectivity index (χ2n) is 5.43. The van der Waals surface area contributed by atoms with Gasteiger partial charge in [0.25, 0.3) is 5.91 Å². The van der Waals surface area contributed by atoms with Crippen molar-refractivity contribution in [2.45, 2.75) is 19.0 Å². The van der Waals surface area contributed by atoms with Gasteiger partial charge in [-0.05, 0) is 11.6 Å². The number of amides is 2. The van der Waals surface area contributed by atoms with Gasteiger partial charge >= 0.3 is 0 Å². The third-order valence-electron chi connectivity index (χ3n) is 3.94. The lowest BCUT2D eigenvalue weighted by Gasteiger charge is -2.20. The van der Waals surface area contributed by atoms with E-state index in [1.807, 2.05) is 29.0 Å². The van der Waals surface area contributed by atoms with Crippen LogP contribution in [-0.2, 0) is 11.3 Å². The van der Waals surface area contributed by atoms with E-state index in [0.717, 1.165) is 5.56 Å². The van der Waals surface area contributed by atoms with E-state index in [1.54, 1.807) is 30.5 Å². The first kappa shape index (κ1) is 14.3. The van der Waals surface area contributed by atoms with Crippen molar-refractivity contribution in [2.24, 2.45) is 0 Å². The summed E-state index contributed by atoms with van der Waals surface area (Å²) in [5.74, 6) is -0.0865. The third-order valence-corrected chi connectivity index (χ3v) is 3.94. The third kappa shape index (κ3) is 2.86. The Hall–Kier alpha value is -2.63. The van der Waals surface area contributed by atoms with Crippen molar-refractivity contribution >= 4 is 11.8 Å². The predicted molar refractivity (Wildman–Crippen MR) is 81.1 cm³/mol. The lowest BCUT2D eigenvalue weighted by atomic mass is 10.0. The van der Waals surface area contributed by atoms with Gasteiger partial charge in [0, 0.05) is 38.1 Å². The molecule has 1 aromatic carbocycles. The fourth-order valence-corrected chi connectivity index (χ4v) is 2.62. The van der Waals surface area contributed by atoms with Gasteiger partial charge in [0.2, 0.25) is 5.91 Å². The first-order valence-electron chi connectivity index (χ1n) is 7.24. The van der Waals surface area contributed by atoms with Crippen molar-refractivity contribution in [3.8, 4) is 0 Å². The number of fused-ring (bicyclic) bond motifs is 1. The van der Waals surface area contributed by atoms with Gasteiger partial charge in [-0.25, -0.2) is 4.98 Å². The summed E-state index contributed by atoms with van der Waals surface area (Å²) >= 11 is 0. The number of hydrogen-bond acceptors (Lipinski definition) is 3. The van der Waals surface area contributed by atoms with Gasteiger partial charge < -0.3 is 14.8 Å². The van der Waals surface area contributed by atoms with Gasteiger partial charge in [-0.2, -0.15) is 0 Å². The molecule has 1 aliphatic heterocycles. The van der Waals surface area contributed by atoms with Crippen LogP contribution in [0, 0.1) is 0 Å². The minimum absolute atomic E-state index is 0.0159. The number of imidazole rings is 1. The number of nitrogens with zero attached hydrogens (tertiary/aromatic N) is 3. The zero-order chi connectivity index (χ0) is 15.5. The van der Waals surface area contributed by atoms with Crippen LogP contribution in [0.4, 0.5) is 0 Å². The van der Waals surface area contributed by atoms with Gasteiger partial charge in [-0.3, -0.25) is 9.59 Å². The molecule has 1 atom stereocenters. The maximum atomic E-state index is 12.3. The van der Waals surface area contributed by atoms with Gasteiger partial charge in [0.15, 0.2) is 0 Å². The minimum Gasteiger partial charge on any atom is -0.345 e. The molecule has 0 saturated carbocycles. The molecule has 1 N–H and O–H groups in total. The topological polar surface area (TPSA) is 67.2 Å². The van der Waals surface area contributed by atoms with E-state index in [0.29, 0.717) is 18.7 Å². The highest BCUT2D eigenvalue weighted by atomic mass is 16.2. The Kier molecular flexibility index (Phi) is 3.91. The van der Waals surface area contributed by atoms with Crippen molar-refractivity contribution in [3.05, 3.63) is 54.1 Å². The van der Waals surface area contributed by atoms with Crippen LogP contribution in [0.25, 0.3) is 0 Å². The molecular formula is C16H18N4O2. The number of likely N-dealkylation sites (N-methyl/N-ethyl adjacent to an activating group) is 1. The highest BCUT2D eigenvalue weighted by molar-refractivity contribution is 5.99. The van der Waals surface area contributed by atoms with Crippen molar-refractivity contribution in [2.75, 3.05) is 13.6 Å². The lowest BCUT2D eigenvalue weighted by Crippen LogP contribution is -2.33. The summed E-state index contributed by atoms with van der Waals surface area (Å²) < 4.78 is 1.93. The highest BCUT2D eigenvalue weighted by Crippen LogP contribution is 2.27. The summed E-state index contributed by atoms with van der Waals surface area (Å²) in [7, 11) is 1.78. The first-order valence-corrected chi connectivity index (χ1v) is 7.24.